The fourth-order valence-electron chi connectivity index (χ4n) is 11.4. The lowest BCUT2D eigenvalue weighted by Gasteiger charge is -2.21. The Hall–Kier alpha value is -4.92. The standard InChI is InChI=1S/C65H93NO8/c1-3-5-7-9-11-13-15-17-19-21-23-25-27-29-31-33-47-71-54-38-42-56(43-39-54)73-64(69)53-37-46-58(59(50-53)66-62(67)60-51-35-36-52(49-51)61(60)63(66)68)65(70)74-57-44-40-55(41-45-57)72-48-34-32-30-28-26-24-22-20-18-16-14-12-10-8-6-4-2/h35-46,50-52,60-61H,3-34,47-49H2,1-2H3. The van der Waals surface area contributed by atoms with E-state index in [-0.39, 0.29) is 46.2 Å². The van der Waals surface area contributed by atoms with Gasteiger partial charge in [0.25, 0.3) is 0 Å². The second kappa shape index (κ2) is 33.9. The Morgan fingerprint density at radius 2 is 0.743 bits per heavy atom. The molecule has 1 saturated carbocycles. The van der Waals surface area contributed by atoms with E-state index in [0.717, 1.165) is 37.0 Å². The topological polar surface area (TPSA) is 108 Å². The van der Waals surface area contributed by atoms with Crippen LogP contribution in [0.1, 0.15) is 246 Å². The van der Waals surface area contributed by atoms with Gasteiger partial charge in [-0.2, -0.15) is 0 Å². The molecule has 9 heteroatoms. The highest BCUT2D eigenvalue weighted by molar-refractivity contribution is 6.25. The number of ether oxygens (including phenoxy) is 4. The van der Waals surface area contributed by atoms with Gasteiger partial charge in [0.15, 0.2) is 0 Å². The summed E-state index contributed by atoms with van der Waals surface area (Å²) in [6.07, 6.45) is 47.1. The number of esters is 2. The van der Waals surface area contributed by atoms with Crippen LogP contribution in [0.25, 0.3) is 0 Å². The first-order valence-corrected chi connectivity index (χ1v) is 30.0. The predicted molar refractivity (Wildman–Crippen MR) is 300 cm³/mol. The van der Waals surface area contributed by atoms with Gasteiger partial charge >= 0.3 is 11.9 Å². The maximum absolute atomic E-state index is 14.0. The van der Waals surface area contributed by atoms with Gasteiger partial charge in [0.05, 0.1) is 41.9 Å². The Morgan fingerprint density at radius 1 is 0.419 bits per heavy atom. The van der Waals surface area contributed by atoms with Gasteiger partial charge in [-0.05, 0) is 97.8 Å². The Kier molecular flexibility index (Phi) is 26.7. The van der Waals surface area contributed by atoms with Gasteiger partial charge in [0.1, 0.15) is 23.0 Å². The summed E-state index contributed by atoms with van der Waals surface area (Å²) in [5.41, 5.74) is 0.105. The summed E-state index contributed by atoms with van der Waals surface area (Å²) in [4.78, 5) is 56.7. The van der Waals surface area contributed by atoms with Crippen molar-refractivity contribution in [2.75, 3.05) is 18.1 Å². The molecule has 1 heterocycles. The second-order valence-corrected chi connectivity index (χ2v) is 21.8. The molecule has 1 saturated heterocycles. The molecule has 1 aliphatic heterocycles. The van der Waals surface area contributed by atoms with Gasteiger partial charge in [0, 0.05) is 0 Å². The van der Waals surface area contributed by atoms with Crippen molar-refractivity contribution < 1.29 is 38.1 Å². The van der Waals surface area contributed by atoms with Gasteiger partial charge in [-0.25, -0.2) is 14.5 Å². The van der Waals surface area contributed by atoms with Crippen LogP contribution < -0.4 is 23.8 Å². The van der Waals surface area contributed by atoms with E-state index in [1.54, 1.807) is 48.5 Å². The lowest BCUT2D eigenvalue weighted by molar-refractivity contribution is -0.123. The van der Waals surface area contributed by atoms with Gasteiger partial charge in [-0.3, -0.25) is 9.59 Å². The van der Waals surface area contributed by atoms with Crippen molar-refractivity contribution in [3.05, 3.63) is 90.0 Å². The summed E-state index contributed by atoms with van der Waals surface area (Å²) in [5.74, 6) is -1.22. The molecule has 0 N–H and O–H groups in total. The molecule has 3 aliphatic rings. The molecule has 2 aliphatic carbocycles. The number of rotatable bonds is 41. The maximum atomic E-state index is 14.0. The number of fused-ring (bicyclic) bond motifs is 5. The fraction of sp³-hybridized carbons (Fsp3) is 0.631. The number of imide groups is 1. The van der Waals surface area contributed by atoms with E-state index in [1.807, 2.05) is 12.2 Å². The van der Waals surface area contributed by atoms with Crippen LogP contribution in [0.15, 0.2) is 78.9 Å². The summed E-state index contributed by atoms with van der Waals surface area (Å²) in [7, 11) is 0. The number of carbonyl (C=O) groups excluding carboxylic acids is 4. The molecule has 2 fully saturated rings. The van der Waals surface area contributed by atoms with E-state index in [0.29, 0.717) is 30.5 Å². The molecular weight excluding hydrogens is 923 g/mol. The Balaban J connectivity index is 0.903. The number of nitrogens with zero attached hydrogens (tertiary/aromatic N) is 1. The van der Waals surface area contributed by atoms with E-state index in [1.165, 1.54) is 198 Å². The van der Waals surface area contributed by atoms with E-state index in [2.05, 4.69) is 13.8 Å². The van der Waals surface area contributed by atoms with Crippen molar-refractivity contribution >= 4 is 29.4 Å². The normalized spacial score (nSPS) is 17.6. The van der Waals surface area contributed by atoms with Crippen LogP contribution in [-0.4, -0.2) is 37.0 Å². The number of allylic oxidation sites excluding steroid dienone is 2. The summed E-state index contributed by atoms with van der Waals surface area (Å²) in [6.45, 7) is 5.79. The van der Waals surface area contributed by atoms with Crippen molar-refractivity contribution in [3.8, 4) is 23.0 Å². The first kappa shape index (κ1) is 58.3. The van der Waals surface area contributed by atoms with Crippen LogP contribution in [-0.2, 0) is 9.59 Å². The molecule has 74 heavy (non-hydrogen) atoms. The van der Waals surface area contributed by atoms with Crippen molar-refractivity contribution in [1.82, 2.24) is 0 Å². The molecule has 3 aromatic carbocycles. The largest absolute Gasteiger partial charge is 0.494 e. The monoisotopic (exact) mass is 1020 g/mol. The van der Waals surface area contributed by atoms with E-state index < -0.39 is 23.8 Å². The maximum Gasteiger partial charge on any atom is 0.345 e. The third kappa shape index (κ3) is 19.3. The molecule has 0 spiro atoms. The second-order valence-electron chi connectivity index (χ2n) is 21.8. The molecule has 3 aromatic rings. The van der Waals surface area contributed by atoms with E-state index in [9.17, 15) is 19.2 Å². The Labute approximate surface area is 446 Å². The fourth-order valence-corrected chi connectivity index (χ4v) is 11.4. The first-order valence-electron chi connectivity index (χ1n) is 30.0. The van der Waals surface area contributed by atoms with Gasteiger partial charge in [-0.1, -0.05) is 219 Å². The van der Waals surface area contributed by atoms with Crippen LogP contribution in [0.2, 0.25) is 0 Å². The molecule has 406 valence electrons. The smallest absolute Gasteiger partial charge is 0.345 e. The molecule has 0 radical (unpaired) electrons. The Morgan fingerprint density at radius 3 is 1.11 bits per heavy atom. The third-order valence-corrected chi connectivity index (χ3v) is 15.8. The van der Waals surface area contributed by atoms with Crippen LogP contribution in [0.4, 0.5) is 5.69 Å². The van der Waals surface area contributed by atoms with Crippen molar-refractivity contribution in [2.45, 2.75) is 226 Å². The highest BCUT2D eigenvalue weighted by Gasteiger charge is 2.60. The van der Waals surface area contributed by atoms with Gasteiger partial charge < -0.3 is 18.9 Å². The SMILES string of the molecule is CCCCCCCCCCCCCCCCCCOc1ccc(OC(=O)c2ccc(C(=O)Oc3ccc(OCCCCCCCCCCCCCCCCCC)cc3)c(N3C(=O)C4C5C=CC(C5)C4C3=O)c2)cc1. The molecule has 2 bridgehead atoms. The summed E-state index contributed by atoms with van der Waals surface area (Å²) >= 11 is 0. The highest BCUT2D eigenvalue weighted by atomic mass is 16.5. The molecule has 4 unspecified atom stereocenters. The minimum atomic E-state index is -0.754. The number of benzene rings is 3. The minimum absolute atomic E-state index is 0.00167. The zero-order valence-corrected chi connectivity index (χ0v) is 45.8. The quantitative estimate of drug-likeness (QED) is 0.0182. The first-order chi connectivity index (χ1) is 36.4. The van der Waals surface area contributed by atoms with Gasteiger partial charge in [-0.15, -0.1) is 0 Å². The number of anilines is 1. The van der Waals surface area contributed by atoms with Crippen molar-refractivity contribution in [3.63, 3.8) is 0 Å². The van der Waals surface area contributed by atoms with Crippen molar-refractivity contribution in [2.24, 2.45) is 23.7 Å². The highest BCUT2D eigenvalue weighted by Crippen LogP contribution is 2.53. The summed E-state index contributed by atoms with van der Waals surface area (Å²) in [6, 6.07) is 18.1. The molecule has 6 rings (SSSR count). The predicted octanol–water partition coefficient (Wildman–Crippen LogP) is 17.7. The third-order valence-electron chi connectivity index (χ3n) is 15.8. The lowest BCUT2D eigenvalue weighted by Crippen LogP contribution is -2.34. The van der Waals surface area contributed by atoms with Gasteiger partial charge in [0.2, 0.25) is 11.8 Å². The number of unbranched alkanes of at least 4 members (excludes halogenated alkanes) is 30. The van der Waals surface area contributed by atoms with Crippen LogP contribution >= 0.6 is 0 Å². The molecule has 4 atom stereocenters. The minimum Gasteiger partial charge on any atom is -0.494 e. The number of carbonyl (C=O) groups is 4. The molecular formula is C65H93NO8. The number of hydrogen-bond acceptors (Lipinski definition) is 8. The Bertz CT molecular complexity index is 2100. The van der Waals surface area contributed by atoms with E-state index >= 15 is 0 Å². The lowest BCUT2D eigenvalue weighted by atomic mass is 9.85. The molecule has 2 amide bonds. The summed E-state index contributed by atoms with van der Waals surface area (Å²) in [5, 5.41) is 0. The molecule has 9 nitrogen and oxygen atoms in total. The molecule has 0 aromatic heterocycles. The van der Waals surface area contributed by atoms with Crippen molar-refractivity contribution in [1.29, 1.82) is 0 Å². The van der Waals surface area contributed by atoms with E-state index in [4.69, 9.17) is 18.9 Å². The van der Waals surface area contributed by atoms with Crippen LogP contribution in [0.5, 0.6) is 23.0 Å². The van der Waals surface area contributed by atoms with Crippen LogP contribution in [0, 0.1) is 23.7 Å². The zero-order chi connectivity index (χ0) is 52.0. The van der Waals surface area contributed by atoms with Crippen LogP contribution in [0.3, 0.4) is 0 Å². The average Bonchev–Trinajstić information content (AvgIpc) is 4.11. The number of amides is 2. The summed E-state index contributed by atoms with van der Waals surface area (Å²) < 4.78 is 23.6. The zero-order valence-electron chi connectivity index (χ0n) is 45.8. The number of hydrogen-bond donors (Lipinski definition) is 0. The average molecular weight is 1020 g/mol.